The number of rotatable bonds is 9. The Labute approximate surface area is 208 Å². The number of hydrogen-bond acceptors (Lipinski definition) is 6. The summed E-state index contributed by atoms with van der Waals surface area (Å²) in [5.74, 6) is 0.0530. The second-order valence-corrected chi connectivity index (χ2v) is 10.2. The Hall–Kier alpha value is -3.04. The van der Waals surface area contributed by atoms with Crippen LogP contribution in [0.2, 0.25) is 0 Å². The zero-order valence-corrected chi connectivity index (χ0v) is 20.8. The monoisotopic (exact) mass is 496 g/mol. The highest BCUT2D eigenvalue weighted by molar-refractivity contribution is 8.00. The molecule has 2 atom stereocenters. The van der Waals surface area contributed by atoms with Gasteiger partial charge < -0.3 is 10.1 Å². The minimum atomic E-state index is -0.417. The van der Waals surface area contributed by atoms with Gasteiger partial charge in [0.2, 0.25) is 5.91 Å². The smallest absolute Gasteiger partial charge is 0.226 e. The second-order valence-electron chi connectivity index (χ2n) is 8.90. The molecule has 0 aliphatic carbocycles. The lowest BCUT2D eigenvalue weighted by molar-refractivity contribution is -0.118. The van der Waals surface area contributed by atoms with Crippen molar-refractivity contribution in [1.82, 2.24) is 14.8 Å². The van der Waals surface area contributed by atoms with Gasteiger partial charge in [-0.1, -0.05) is 25.6 Å². The summed E-state index contributed by atoms with van der Waals surface area (Å²) >= 11 is 1.33. The van der Waals surface area contributed by atoms with Crippen LogP contribution in [0.3, 0.4) is 0 Å². The topological polar surface area (TPSA) is 86.1 Å². The van der Waals surface area contributed by atoms with Gasteiger partial charge in [0.05, 0.1) is 17.9 Å². The Morgan fingerprint density at radius 1 is 1.11 bits per heavy atom. The van der Waals surface area contributed by atoms with E-state index >= 15 is 0 Å². The molecular weight excluding hydrogens is 467 g/mol. The molecule has 1 fully saturated rings. The Bertz CT molecular complexity index is 1170. The van der Waals surface area contributed by atoms with Crippen molar-refractivity contribution in [2.75, 3.05) is 11.9 Å². The highest BCUT2D eigenvalue weighted by Gasteiger charge is 2.25. The molecule has 1 amide bonds. The predicted octanol–water partition coefficient (Wildman–Crippen LogP) is 5.22. The number of ether oxygens (including phenoxy) is 1. The summed E-state index contributed by atoms with van der Waals surface area (Å²) in [5.41, 5.74) is 1.96. The molecule has 0 saturated carbocycles. The largest absolute Gasteiger partial charge is 0.376 e. The lowest BCUT2D eigenvalue weighted by Gasteiger charge is -2.16. The number of nitrogens with one attached hydrogen (secondary N) is 1. The standard InChI is InChI=1S/C26H29FN4O3S/c1-16(2)25(33)28-21-12-8-18(9-13-21)23(32)17(3)35-26-30-29-24(19-6-10-20(27)11-7-19)31(26)15-22-5-4-14-34-22/h6-13,16-17,22H,4-5,14-15H2,1-3H3,(H,28,33). The first-order valence-corrected chi connectivity index (χ1v) is 12.6. The normalized spacial score (nSPS) is 16.4. The molecule has 1 saturated heterocycles. The van der Waals surface area contributed by atoms with Crippen molar-refractivity contribution in [3.63, 3.8) is 0 Å². The summed E-state index contributed by atoms with van der Waals surface area (Å²) in [6.45, 7) is 6.78. The van der Waals surface area contributed by atoms with Crippen LogP contribution in [0.5, 0.6) is 0 Å². The predicted molar refractivity (Wildman–Crippen MR) is 134 cm³/mol. The molecule has 4 rings (SSSR count). The van der Waals surface area contributed by atoms with Gasteiger partial charge in [0.15, 0.2) is 16.8 Å². The summed E-state index contributed by atoms with van der Waals surface area (Å²) in [6, 6.07) is 13.0. The summed E-state index contributed by atoms with van der Waals surface area (Å²) in [6.07, 6.45) is 1.99. The van der Waals surface area contributed by atoms with Crippen molar-refractivity contribution in [3.05, 3.63) is 59.9 Å². The van der Waals surface area contributed by atoms with E-state index in [4.69, 9.17) is 4.74 Å². The van der Waals surface area contributed by atoms with E-state index in [2.05, 4.69) is 15.5 Å². The number of halogens is 1. The summed E-state index contributed by atoms with van der Waals surface area (Å²) in [7, 11) is 0. The number of ketones is 1. The fraction of sp³-hybridized carbons (Fsp3) is 0.385. The van der Waals surface area contributed by atoms with Gasteiger partial charge in [0, 0.05) is 29.3 Å². The van der Waals surface area contributed by atoms with Crippen LogP contribution in [0.1, 0.15) is 44.0 Å². The minimum Gasteiger partial charge on any atom is -0.376 e. The molecule has 9 heteroatoms. The van der Waals surface area contributed by atoms with E-state index in [9.17, 15) is 14.0 Å². The van der Waals surface area contributed by atoms with E-state index in [1.807, 2.05) is 25.3 Å². The van der Waals surface area contributed by atoms with Crippen molar-refractivity contribution in [2.24, 2.45) is 5.92 Å². The molecular formula is C26H29FN4O3S. The van der Waals surface area contributed by atoms with E-state index in [1.165, 1.54) is 23.9 Å². The van der Waals surface area contributed by atoms with Crippen LogP contribution in [-0.2, 0) is 16.1 Å². The number of Topliss-reactive ketones (excluding diaryl/α,β-unsaturated/α-hetero) is 1. The van der Waals surface area contributed by atoms with Gasteiger partial charge in [-0.15, -0.1) is 10.2 Å². The number of amides is 1. The molecule has 184 valence electrons. The summed E-state index contributed by atoms with van der Waals surface area (Å²) < 4.78 is 21.2. The third-order valence-electron chi connectivity index (χ3n) is 5.84. The number of hydrogen-bond donors (Lipinski definition) is 1. The molecule has 0 spiro atoms. The van der Waals surface area contributed by atoms with Gasteiger partial charge in [0.25, 0.3) is 0 Å². The van der Waals surface area contributed by atoms with Crippen LogP contribution in [0.4, 0.5) is 10.1 Å². The van der Waals surface area contributed by atoms with Gasteiger partial charge >= 0.3 is 0 Å². The SMILES string of the molecule is CC(C)C(=O)Nc1ccc(C(=O)C(C)Sc2nnc(-c3ccc(F)cc3)n2CC2CCCO2)cc1. The van der Waals surface area contributed by atoms with Crippen molar-refractivity contribution >= 4 is 29.1 Å². The number of carbonyl (C=O) groups excluding carboxylic acids is 2. The Kier molecular flexibility index (Phi) is 7.97. The van der Waals surface area contributed by atoms with E-state index in [0.717, 1.165) is 25.0 Å². The van der Waals surface area contributed by atoms with Gasteiger partial charge in [-0.3, -0.25) is 14.2 Å². The van der Waals surface area contributed by atoms with Crippen molar-refractivity contribution in [1.29, 1.82) is 0 Å². The molecule has 3 aromatic rings. The van der Waals surface area contributed by atoms with Gasteiger partial charge in [-0.25, -0.2) is 4.39 Å². The average molecular weight is 497 g/mol. The zero-order chi connectivity index (χ0) is 24.9. The second kappa shape index (κ2) is 11.1. The molecule has 35 heavy (non-hydrogen) atoms. The highest BCUT2D eigenvalue weighted by Crippen LogP contribution is 2.30. The molecule has 2 unspecified atom stereocenters. The summed E-state index contributed by atoms with van der Waals surface area (Å²) in [4.78, 5) is 25.0. The van der Waals surface area contributed by atoms with E-state index in [1.54, 1.807) is 36.4 Å². The third kappa shape index (κ3) is 6.15. The summed E-state index contributed by atoms with van der Waals surface area (Å²) in [5, 5.41) is 11.7. The number of benzene rings is 2. The fourth-order valence-corrected chi connectivity index (χ4v) is 4.73. The van der Waals surface area contributed by atoms with Gasteiger partial charge in [-0.2, -0.15) is 0 Å². The van der Waals surface area contributed by atoms with E-state index < -0.39 is 5.25 Å². The van der Waals surface area contributed by atoms with Crippen LogP contribution >= 0.6 is 11.8 Å². The molecule has 1 aliphatic heterocycles. The molecule has 2 aromatic carbocycles. The van der Waals surface area contributed by atoms with Crippen LogP contribution in [0.15, 0.2) is 53.7 Å². The quantitative estimate of drug-likeness (QED) is 0.323. The maximum absolute atomic E-state index is 13.5. The number of carbonyl (C=O) groups is 2. The van der Waals surface area contributed by atoms with Crippen molar-refractivity contribution < 1.29 is 18.7 Å². The lowest BCUT2D eigenvalue weighted by atomic mass is 10.1. The zero-order valence-electron chi connectivity index (χ0n) is 20.0. The number of aromatic nitrogens is 3. The fourth-order valence-electron chi connectivity index (χ4n) is 3.80. The highest BCUT2D eigenvalue weighted by atomic mass is 32.2. The maximum Gasteiger partial charge on any atom is 0.226 e. The van der Waals surface area contributed by atoms with Crippen molar-refractivity contribution in [2.45, 2.75) is 56.7 Å². The van der Waals surface area contributed by atoms with Gasteiger partial charge in [-0.05, 0) is 68.3 Å². The van der Waals surface area contributed by atoms with Crippen LogP contribution in [0.25, 0.3) is 11.4 Å². The van der Waals surface area contributed by atoms with E-state index in [-0.39, 0.29) is 29.5 Å². The van der Waals surface area contributed by atoms with E-state index in [0.29, 0.717) is 28.8 Å². The average Bonchev–Trinajstić information content (AvgIpc) is 3.50. The third-order valence-corrected chi connectivity index (χ3v) is 6.92. The van der Waals surface area contributed by atoms with Crippen LogP contribution in [-0.4, -0.2) is 44.4 Å². The lowest BCUT2D eigenvalue weighted by Crippen LogP contribution is -2.19. The van der Waals surface area contributed by atoms with Crippen molar-refractivity contribution in [3.8, 4) is 11.4 Å². The van der Waals surface area contributed by atoms with Crippen LogP contribution < -0.4 is 5.32 Å². The molecule has 1 aliphatic rings. The molecule has 0 radical (unpaired) electrons. The first kappa shape index (κ1) is 25.1. The van der Waals surface area contributed by atoms with Gasteiger partial charge in [0.1, 0.15) is 5.82 Å². The number of anilines is 1. The molecule has 1 aromatic heterocycles. The first-order chi connectivity index (χ1) is 16.8. The van der Waals surface area contributed by atoms with Crippen LogP contribution in [0, 0.1) is 11.7 Å². The molecule has 1 N–H and O–H groups in total. The molecule has 7 nitrogen and oxygen atoms in total. The number of thioether (sulfide) groups is 1. The molecule has 0 bridgehead atoms. The molecule has 2 heterocycles. The minimum absolute atomic E-state index is 0.0455. The Balaban J connectivity index is 1.51. The maximum atomic E-state index is 13.5. The first-order valence-electron chi connectivity index (χ1n) is 11.7. The Morgan fingerprint density at radius 2 is 1.83 bits per heavy atom. The number of nitrogens with zero attached hydrogens (tertiary/aromatic N) is 3. The Morgan fingerprint density at radius 3 is 2.46 bits per heavy atom.